The van der Waals surface area contributed by atoms with E-state index in [-0.39, 0.29) is 11.9 Å². The number of nitrogens with one attached hydrogen (secondary N) is 1. The number of ether oxygens (including phenoxy) is 1. The molecule has 140 valence electrons. The van der Waals surface area contributed by atoms with Crippen LogP contribution >= 0.6 is 0 Å². The van der Waals surface area contributed by atoms with Crippen LogP contribution in [0.2, 0.25) is 0 Å². The Morgan fingerprint density at radius 1 is 1.07 bits per heavy atom. The van der Waals surface area contributed by atoms with Crippen molar-refractivity contribution >= 4 is 16.9 Å². The van der Waals surface area contributed by atoms with Gasteiger partial charge in [0.2, 0.25) is 0 Å². The zero-order valence-electron chi connectivity index (χ0n) is 15.5. The molecule has 1 atom stereocenters. The number of amides is 1. The number of furan rings is 1. The lowest BCUT2D eigenvalue weighted by Gasteiger charge is -2.34. The number of hydrogen-bond acceptors (Lipinski definition) is 4. The summed E-state index contributed by atoms with van der Waals surface area (Å²) in [5, 5.41) is 4.06. The van der Waals surface area contributed by atoms with Gasteiger partial charge >= 0.3 is 0 Å². The number of para-hydroxylation sites is 1. The van der Waals surface area contributed by atoms with Gasteiger partial charge in [-0.25, -0.2) is 0 Å². The second kappa shape index (κ2) is 7.94. The van der Waals surface area contributed by atoms with Crippen molar-refractivity contribution in [2.75, 3.05) is 32.8 Å². The lowest BCUT2D eigenvalue weighted by Crippen LogP contribution is -2.43. The molecule has 1 unspecified atom stereocenters. The van der Waals surface area contributed by atoms with Gasteiger partial charge < -0.3 is 14.5 Å². The van der Waals surface area contributed by atoms with Crippen LogP contribution in [0.25, 0.3) is 11.0 Å². The van der Waals surface area contributed by atoms with Gasteiger partial charge in [-0.3, -0.25) is 9.69 Å². The first-order valence-electron chi connectivity index (χ1n) is 9.37. The lowest BCUT2D eigenvalue weighted by molar-refractivity contribution is 0.0161. The Hall–Kier alpha value is -2.63. The van der Waals surface area contributed by atoms with Crippen molar-refractivity contribution in [2.24, 2.45) is 0 Å². The number of fused-ring (bicyclic) bond motifs is 1. The standard InChI is InChI=1S/C22H24N2O3/c1-16-18-9-5-6-10-20(18)27-21(16)22(25)23-15-19(17-7-3-2-4-8-17)24-11-13-26-14-12-24/h2-10,19H,11-15H2,1H3,(H,23,25). The summed E-state index contributed by atoms with van der Waals surface area (Å²) >= 11 is 0. The van der Waals surface area contributed by atoms with Crippen molar-refractivity contribution in [1.82, 2.24) is 10.2 Å². The quantitative estimate of drug-likeness (QED) is 0.752. The Morgan fingerprint density at radius 2 is 1.78 bits per heavy atom. The number of nitrogens with zero attached hydrogens (tertiary/aromatic N) is 1. The van der Waals surface area contributed by atoms with E-state index in [9.17, 15) is 4.79 Å². The third-order valence-corrected chi connectivity index (χ3v) is 5.18. The minimum atomic E-state index is -0.169. The van der Waals surface area contributed by atoms with Crippen molar-refractivity contribution in [3.8, 4) is 0 Å². The molecule has 0 saturated carbocycles. The predicted octanol–water partition coefficient (Wildman–Crippen LogP) is 3.54. The van der Waals surface area contributed by atoms with Crippen molar-refractivity contribution in [3.05, 3.63) is 71.5 Å². The molecule has 0 aliphatic carbocycles. The van der Waals surface area contributed by atoms with Gasteiger partial charge in [-0.2, -0.15) is 0 Å². The summed E-state index contributed by atoms with van der Waals surface area (Å²) in [5.74, 6) is 0.225. The molecule has 2 heterocycles. The van der Waals surface area contributed by atoms with Crippen LogP contribution in [0.5, 0.6) is 0 Å². The van der Waals surface area contributed by atoms with E-state index in [4.69, 9.17) is 9.15 Å². The fraction of sp³-hybridized carbons (Fsp3) is 0.318. The van der Waals surface area contributed by atoms with Gasteiger partial charge in [-0.15, -0.1) is 0 Å². The number of hydrogen-bond donors (Lipinski definition) is 1. The van der Waals surface area contributed by atoms with E-state index in [1.165, 1.54) is 5.56 Å². The molecule has 2 aromatic carbocycles. The molecule has 1 N–H and O–H groups in total. The van der Waals surface area contributed by atoms with E-state index >= 15 is 0 Å². The molecule has 1 aromatic heterocycles. The van der Waals surface area contributed by atoms with E-state index in [1.54, 1.807) is 0 Å². The maximum Gasteiger partial charge on any atom is 0.287 e. The minimum absolute atomic E-state index is 0.115. The first-order valence-corrected chi connectivity index (χ1v) is 9.37. The number of carbonyl (C=O) groups excluding carboxylic acids is 1. The molecule has 1 aliphatic heterocycles. The number of aryl methyl sites for hydroxylation is 1. The largest absolute Gasteiger partial charge is 0.451 e. The summed E-state index contributed by atoms with van der Waals surface area (Å²) in [6, 6.07) is 18.2. The molecule has 5 nitrogen and oxygen atoms in total. The van der Waals surface area contributed by atoms with Crippen LogP contribution in [0, 0.1) is 6.92 Å². The maximum absolute atomic E-state index is 12.8. The van der Waals surface area contributed by atoms with Crippen LogP contribution in [0.3, 0.4) is 0 Å². The molecular formula is C22H24N2O3. The number of rotatable bonds is 5. The summed E-state index contributed by atoms with van der Waals surface area (Å²) in [7, 11) is 0. The molecule has 1 saturated heterocycles. The SMILES string of the molecule is Cc1c(C(=O)NCC(c2ccccc2)N2CCOCC2)oc2ccccc12. The summed E-state index contributed by atoms with van der Waals surface area (Å²) < 4.78 is 11.3. The van der Waals surface area contributed by atoms with E-state index in [1.807, 2.05) is 49.4 Å². The second-order valence-electron chi connectivity index (χ2n) is 6.84. The van der Waals surface area contributed by atoms with Crippen molar-refractivity contribution in [2.45, 2.75) is 13.0 Å². The summed E-state index contributed by atoms with van der Waals surface area (Å²) in [6.07, 6.45) is 0. The Balaban J connectivity index is 1.52. The van der Waals surface area contributed by atoms with E-state index in [0.29, 0.717) is 12.3 Å². The average molecular weight is 364 g/mol. The molecule has 0 bridgehead atoms. The summed E-state index contributed by atoms with van der Waals surface area (Å²) in [4.78, 5) is 15.2. The van der Waals surface area contributed by atoms with Crippen LogP contribution in [0.4, 0.5) is 0 Å². The topological polar surface area (TPSA) is 54.7 Å². The molecule has 1 aliphatic rings. The van der Waals surface area contributed by atoms with Gasteiger partial charge in [0.1, 0.15) is 5.58 Å². The van der Waals surface area contributed by atoms with Gasteiger partial charge in [-0.05, 0) is 18.6 Å². The van der Waals surface area contributed by atoms with Crippen molar-refractivity contribution < 1.29 is 13.9 Å². The minimum Gasteiger partial charge on any atom is -0.451 e. The maximum atomic E-state index is 12.8. The van der Waals surface area contributed by atoms with Crippen LogP contribution in [-0.4, -0.2) is 43.7 Å². The van der Waals surface area contributed by atoms with Gasteiger partial charge in [0, 0.05) is 30.6 Å². The van der Waals surface area contributed by atoms with Crippen LogP contribution in [-0.2, 0) is 4.74 Å². The Bertz CT molecular complexity index is 914. The van der Waals surface area contributed by atoms with Crippen LogP contribution in [0.1, 0.15) is 27.7 Å². The van der Waals surface area contributed by atoms with E-state index < -0.39 is 0 Å². The molecule has 1 amide bonds. The van der Waals surface area contributed by atoms with E-state index in [0.717, 1.165) is 42.8 Å². The second-order valence-corrected chi connectivity index (χ2v) is 6.84. The predicted molar refractivity (Wildman–Crippen MR) is 105 cm³/mol. The van der Waals surface area contributed by atoms with Gasteiger partial charge in [-0.1, -0.05) is 48.5 Å². The van der Waals surface area contributed by atoms with Crippen molar-refractivity contribution in [1.29, 1.82) is 0 Å². The molecule has 4 rings (SSSR count). The highest BCUT2D eigenvalue weighted by atomic mass is 16.5. The Kier molecular flexibility index (Phi) is 5.23. The highest BCUT2D eigenvalue weighted by Crippen LogP contribution is 2.25. The highest BCUT2D eigenvalue weighted by Gasteiger charge is 2.24. The third kappa shape index (κ3) is 3.75. The molecular weight excluding hydrogens is 340 g/mol. The number of benzene rings is 2. The molecule has 0 radical (unpaired) electrons. The zero-order chi connectivity index (χ0) is 18.6. The number of morpholine rings is 1. The average Bonchev–Trinajstić information content (AvgIpc) is 3.07. The van der Waals surface area contributed by atoms with Gasteiger partial charge in [0.05, 0.1) is 19.3 Å². The molecule has 5 heteroatoms. The third-order valence-electron chi connectivity index (χ3n) is 5.18. The molecule has 1 fully saturated rings. The summed E-state index contributed by atoms with van der Waals surface area (Å²) in [6.45, 7) is 5.62. The van der Waals surface area contributed by atoms with Gasteiger partial charge in [0.15, 0.2) is 5.76 Å². The molecule has 3 aromatic rings. The van der Waals surface area contributed by atoms with Gasteiger partial charge in [0.25, 0.3) is 5.91 Å². The first-order chi connectivity index (χ1) is 13.2. The van der Waals surface area contributed by atoms with E-state index in [2.05, 4.69) is 22.3 Å². The first kappa shape index (κ1) is 17.8. The fourth-order valence-corrected chi connectivity index (χ4v) is 3.68. The van der Waals surface area contributed by atoms with Crippen molar-refractivity contribution in [3.63, 3.8) is 0 Å². The lowest BCUT2D eigenvalue weighted by atomic mass is 10.0. The Labute approximate surface area is 158 Å². The number of carbonyl (C=O) groups is 1. The smallest absolute Gasteiger partial charge is 0.287 e. The highest BCUT2D eigenvalue weighted by molar-refractivity contribution is 5.98. The monoisotopic (exact) mass is 364 g/mol. The summed E-state index contributed by atoms with van der Waals surface area (Å²) in [5.41, 5.74) is 2.82. The van der Waals surface area contributed by atoms with Crippen LogP contribution < -0.4 is 5.32 Å². The van der Waals surface area contributed by atoms with Crippen LogP contribution in [0.15, 0.2) is 59.0 Å². The molecule has 0 spiro atoms. The molecule has 27 heavy (non-hydrogen) atoms. The Morgan fingerprint density at radius 3 is 2.52 bits per heavy atom. The zero-order valence-corrected chi connectivity index (χ0v) is 15.5. The normalized spacial score (nSPS) is 16.3. The fourth-order valence-electron chi connectivity index (χ4n) is 3.68.